The Morgan fingerprint density at radius 2 is 1.57 bits per heavy atom. The quantitative estimate of drug-likeness (QED) is 0.377. The fraction of sp³-hybridized carbons (Fsp3) is 0.323. The Morgan fingerprint density at radius 1 is 0.743 bits per heavy atom. The molecule has 0 bridgehead atoms. The van der Waals surface area contributed by atoms with Gasteiger partial charge in [-0.25, -0.2) is 0 Å². The van der Waals surface area contributed by atoms with Crippen molar-refractivity contribution in [2.75, 3.05) is 42.5 Å². The maximum atomic E-state index is 4.72. The average Bonchev–Trinajstić information content (AvgIpc) is 3.31. The highest BCUT2D eigenvalue weighted by molar-refractivity contribution is 5.92. The summed E-state index contributed by atoms with van der Waals surface area (Å²) in [5.74, 6) is 0. The molecule has 35 heavy (non-hydrogen) atoms. The van der Waals surface area contributed by atoms with E-state index >= 15 is 0 Å². The van der Waals surface area contributed by atoms with E-state index in [2.05, 4.69) is 101 Å². The minimum Gasteiger partial charge on any atom is -0.368 e. The molecule has 0 N–H and O–H groups in total. The van der Waals surface area contributed by atoms with Gasteiger partial charge in [0.2, 0.25) is 0 Å². The zero-order valence-electron chi connectivity index (χ0n) is 20.9. The number of aromatic nitrogens is 1. The highest BCUT2D eigenvalue weighted by Crippen LogP contribution is 2.30. The van der Waals surface area contributed by atoms with Crippen LogP contribution in [0.4, 0.5) is 11.4 Å². The first kappa shape index (κ1) is 22.1. The van der Waals surface area contributed by atoms with Gasteiger partial charge in [0.05, 0.1) is 5.52 Å². The number of hydrogen-bond acceptors (Lipinski definition) is 4. The second kappa shape index (κ2) is 9.35. The van der Waals surface area contributed by atoms with E-state index in [1.165, 1.54) is 39.0 Å². The van der Waals surface area contributed by atoms with Crippen molar-refractivity contribution >= 4 is 22.3 Å². The zero-order chi connectivity index (χ0) is 23.8. The van der Waals surface area contributed by atoms with Gasteiger partial charge in [0.25, 0.3) is 0 Å². The fourth-order valence-electron chi connectivity index (χ4n) is 5.63. The van der Waals surface area contributed by atoms with Crippen molar-refractivity contribution in [1.29, 1.82) is 0 Å². The van der Waals surface area contributed by atoms with Crippen LogP contribution < -0.4 is 9.80 Å². The van der Waals surface area contributed by atoms with Crippen LogP contribution >= 0.6 is 0 Å². The minimum absolute atomic E-state index is 1.02. The molecule has 0 spiro atoms. The van der Waals surface area contributed by atoms with Crippen molar-refractivity contribution in [2.24, 2.45) is 0 Å². The monoisotopic (exact) mass is 462 g/mol. The molecule has 3 aromatic carbocycles. The summed E-state index contributed by atoms with van der Waals surface area (Å²) < 4.78 is 0. The van der Waals surface area contributed by atoms with Crippen LogP contribution in [-0.4, -0.2) is 42.6 Å². The second-order valence-electron chi connectivity index (χ2n) is 10.2. The van der Waals surface area contributed by atoms with Gasteiger partial charge in [-0.15, -0.1) is 0 Å². The summed E-state index contributed by atoms with van der Waals surface area (Å²) in [6.07, 6.45) is 1.10. The van der Waals surface area contributed by atoms with Gasteiger partial charge in [-0.1, -0.05) is 42.0 Å². The SMILES string of the molecule is Cc1ccc2c(c1)CN(c1cccc(CCN3CCN(c4cccc5nc(C)ccc45)CC3)c1)C2. The van der Waals surface area contributed by atoms with Crippen LogP contribution in [-0.2, 0) is 19.5 Å². The van der Waals surface area contributed by atoms with Crippen molar-refractivity contribution in [1.82, 2.24) is 9.88 Å². The standard InChI is InChI=1S/C31H34N4/c1-23-9-11-26-21-35(22-27(26)19-23)28-6-3-5-25(20-28)13-14-33-15-17-34(18-16-33)31-8-4-7-30-29(31)12-10-24(2)32-30/h3-12,19-20H,13-18,21-22H2,1-2H3. The maximum Gasteiger partial charge on any atom is 0.0726 e. The molecule has 4 heteroatoms. The third-order valence-electron chi connectivity index (χ3n) is 7.64. The molecular weight excluding hydrogens is 428 g/mol. The summed E-state index contributed by atoms with van der Waals surface area (Å²) >= 11 is 0. The molecule has 0 aliphatic carbocycles. The summed E-state index contributed by atoms with van der Waals surface area (Å²) in [4.78, 5) is 12.4. The van der Waals surface area contributed by atoms with Crippen molar-refractivity contribution in [3.63, 3.8) is 0 Å². The minimum atomic E-state index is 1.02. The number of fused-ring (bicyclic) bond motifs is 2. The lowest BCUT2D eigenvalue weighted by Gasteiger charge is -2.36. The molecule has 1 saturated heterocycles. The molecule has 6 rings (SSSR count). The van der Waals surface area contributed by atoms with Crippen LogP contribution in [0.3, 0.4) is 0 Å². The van der Waals surface area contributed by atoms with Gasteiger partial charge in [0.15, 0.2) is 0 Å². The van der Waals surface area contributed by atoms with Crippen molar-refractivity contribution in [2.45, 2.75) is 33.4 Å². The van der Waals surface area contributed by atoms with Crippen LogP contribution in [0.1, 0.15) is 27.9 Å². The normalized spacial score (nSPS) is 16.2. The fourth-order valence-corrected chi connectivity index (χ4v) is 5.63. The lowest BCUT2D eigenvalue weighted by atomic mass is 10.1. The van der Waals surface area contributed by atoms with Crippen LogP contribution in [0.5, 0.6) is 0 Å². The number of rotatable bonds is 5. The molecule has 178 valence electrons. The van der Waals surface area contributed by atoms with Crippen LogP contribution in [0, 0.1) is 13.8 Å². The van der Waals surface area contributed by atoms with E-state index in [0.29, 0.717) is 0 Å². The number of aryl methyl sites for hydroxylation is 2. The Kier molecular flexibility index (Phi) is 5.91. The number of nitrogens with zero attached hydrogens (tertiary/aromatic N) is 4. The summed E-state index contributed by atoms with van der Waals surface area (Å²) in [5.41, 5.74) is 10.6. The molecule has 0 atom stereocenters. The zero-order valence-corrected chi connectivity index (χ0v) is 20.9. The van der Waals surface area contributed by atoms with E-state index in [1.54, 1.807) is 0 Å². The van der Waals surface area contributed by atoms with Crippen molar-refractivity contribution in [3.8, 4) is 0 Å². The number of benzene rings is 3. The molecule has 0 amide bonds. The van der Waals surface area contributed by atoms with Gasteiger partial charge in [-0.05, 0) is 73.4 Å². The molecule has 2 aliphatic rings. The first-order valence-electron chi connectivity index (χ1n) is 12.9. The van der Waals surface area contributed by atoms with E-state index < -0.39 is 0 Å². The van der Waals surface area contributed by atoms with E-state index in [0.717, 1.165) is 63.4 Å². The number of anilines is 2. The first-order chi connectivity index (χ1) is 17.1. The lowest BCUT2D eigenvalue weighted by Crippen LogP contribution is -2.47. The molecule has 2 aliphatic heterocycles. The molecule has 3 heterocycles. The third kappa shape index (κ3) is 4.63. The molecule has 4 nitrogen and oxygen atoms in total. The van der Waals surface area contributed by atoms with Gasteiger partial charge in [-0.2, -0.15) is 0 Å². The first-order valence-corrected chi connectivity index (χ1v) is 12.9. The maximum absolute atomic E-state index is 4.72. The van der Waals surface area contributed by atoms with Crippen LogP contribution in [0.2, 0.25) is 0 Å². The molecule has 4 aromatic rings. The third-order valence-corrected chi connectivity index (χ3v) is 7.64. The Balaban J connectivity index is 1.06. The van der Waals surface area contributed by atoms with Crippen molar-refractivity contribution < 1.29 is 0 Å². The van der Waals surface area contributed by atoms with Gasteiger partial charge < -0.3 is 9.80 Å². The van der Waals surface area contributed by atoms with Gasteiger partial charge in [0, 0.05) is 68.3 Å². The predicted molar refractivity (Wildman–Crippen MR) is 146 cm³/mol. The molecule has 1 fully saturated rings. The molecular formula is C31H34N4. The van der Waals surface area contributed by atoms with E-state index in [9.17, 15) is 0 Å². The number of piperazine rings is 1. The summed E-state index contributed by atoms with van der Waals surface area (Å²) in [5, 5.41) is 1.27. The molecule has 0 radical (unpaired) electrons. The predicted octanol–water partition coefficient (Wildman–Crippen LogP) is 5.74. The van der Waals surface area contributed by atoms with Gasteiger partial charge in [-0.3, -0.25) is 9.88 Å². The summed E-state index contributed by atoms with van der Waals surface area (Å²) in [7, 11) is 0. The Morgan fingerprint density at radius 3 is 2.46 bits per heavy atom. The van der Waals surface area contributed by atoms with Crippen molar-refractivity contribution in [3.05, 3.63) is 101 Å². The van der Waals surface area contributed by atoms with E-state index in [4.69, 9.17) is 4.98 Å². The molecule has 0 saturated carbocycles. The van der Waals surface area contributed by atoms with E-state index in [-0.39, 0.29) is 0 Å². The van der Waals surface area contributed by atoms with E-state index in [1.807, 2.05) is 0 Å². The topological polar surface area (TPSA) is 22.6 Å². The lowest BCUT2D eigenvalue weighted by molar-refractivity contribution is 0.261. The Labute approximate surface area is 208 Å². The largest absolute Gasteiger partial charge is 0.368 e. The van der Waals surface area contributed by atoms with Gasteiger partial charge in [0.1, 0.15) is 0 Å². The smallest absolute Gasteiger partial charge is 0.0726 e. The van der Waals surface area contributed by atoms with Gasteiger partial charge >= 0.3 is 0 Å². The Hall–Kier alpha value is -3.37. The highest BCUT2D eigenvalue weighted by atomic mass is 15.3. The highest BCUT2D eigenvalue weighted by Gasteiger charge is 2.21. The van der Waals surface area contributed by atoms with Crippen LogP contribution in [0.15, 0.2) is 72.8 Å². The molecule has 1 aromatic heterocycles. The number of pyridine rings is 1. The molecule has 0 unspecified atom stereocenters. The Bertz CT molecular complexity index is 1350. The number of hydrogen-bond donors (Lipinski definition) is 0. The average molecular weight is 463 g/mol. The summed E-state index contributed by atoms with van der Waals surface area (Å²) in [6, 6.07) is 26.9. The second-order valence-corrected chi connectivity index (χ2v) is 10.2. The summed E-state index contributed by atoms with van der Waals surface area (Å²) in [6.45, 7) is 11.8. The van der Waals surface area contributed by atoms with Crippen LogP contribution in [0.25, 0.3) is 10.9 Å².